The highest BCUT2D eigenvalue weighted by molar-refractivity contribution is 8.13. The lowest BCUT2D eigenvalue weighted by Crippen LogP contribution is -2.23. The maximum absolute atomic E-state index is 11.8. The minimum absolute atomic E-state index is 0.0608. The van der Waals surface area contributed by atoms with Crippen molar-refractivity contribution < 1.29 is 0 Å². The second-order valence-electron chi connectivity index (χ2n) is 3.66. The SMILES string of the molecule is N=C(N=C(N)N)SCc1nc2ccccc2[nH]c1=O. The van der Waals surface area contributed by atoms with Gasteiger partial charge in [-0.15, -0.1) is 0 Å². The highest BCUT2D eigenvalue weighted by Crippen LogP contribution is 2.12. The average molecular weight is 276 g/mol. The number of thioether (sulfide) groups is 1. The van der Waals surface area contributed by atoms with Crippen LogP contribution in [0.5, 0.6) is 0 Å². The van der Waals surface area contributed by atoms with Gasteiger partial charge in [0.15, 0.2) is 11.1 Å². The number of rotatable bonds is 2. The summed E-state index contributed by atoms with van der Waals surface area (Å²) in [5.41, 5.74) is 11.8. The van der Waals surface area contributed by atoms with Crippen LogP contribution in [0, 0.1) is 5.41 Å². The van der Waals surface area contributed by atoms with E-state index in [1.165, 1.54) is 0 Å². The van der Waals surface area contributed by atoms with E-state index in [0.29, 0.717) is 16.7 Å². The zero-order valence-electron chi connectivity index (χ0n) is 9.88. The van der Waals surface area contributed by atoms with Crippen molar-refractivity contribution in [2.45, 2.75) is 5.75 Å². The van der Waals surface area contributed by atoms with Crippen molar-refractivity contribution in [1.82, 2.24) is 9.97 Å². The number of amidine groups is 1. The monoisotopic (exact) mass is 276 g/mol. The zero-order valence-corrected chi connectivity index (χ0v) is 10.7. The highest BCUT2D eigenvalue weighted by Gasteiger charge is 2.06. The molecule has 0 aliphatic rings. The molecule has 19 heavy (non-hydrogen) atoms. The second kappa shape index (κ2) is 5.53. The van der Waals surface area contributed by atoms with Gasteiger partial charge in [-0.1, -0.05) is 23.9 Å². The number of hydrogen-bond donors (Lipinski definition) is 4. The minimum Gasteiger partial charge on any atom is -0.370 e. The summed E-state index contributed by atoms with van der Waals surface area (Å²) in [5.74, 6) is 0.0494. The Hall–Kier alpha value is -2.35. The predicted octanol–water partition coefficient (Wildman–Crippen LogP) is 0.364. The van der Waals surface area contributed by atoms with E-state index in [1.807, 2.05) is 12.1 Å². The fourth-order valence-electron chi connectivity index (χ4n) is 1.45. The molecule has 0 saturated carbocycles. The van der Waals surface area contributed by atoms with Gasteiger partial charge in [-0.2, -0.15) is 4.99 Å². The van der Waals surface area contributed by atoms with E-state index in [0.717, 1.165) is 11.8 Å². The summed E-state index contributed by atoms with van der Waals surface area (Å²) >= 11 is 1.03. The van der Waals surface area contributed by atoms with Crippen LogP contribution >= 0.6 is 11.8 Å². The summed E-state index contributed by atoms with van der Waals surface area (Å²) in [6, 6.07) is 7.25. The quantitative estimate of drug-likeness (QED) is 0.464. The Morgan fingerprint density at radius 1 is 1.42 bits per heavy atom. The number of benzene rings is 1. The summed E-state index contributed by atoms with van der Waals surface area (Å²) in [4.78, 5) is 22.3. The van der Waals surface area contributed by atoms with Crippen molar-refractivity contribution in [3.05, 3.63) is 40.3 Å². The normalized spacial score (nSPS) is 10.3. The number of para-hydroxylation sites is 2. The molecule has 6 N–H and O–H groups in total. The van der Waals surface area contributed by atoms with Crippen molar-refractivity contribution in [3.8, 4) is 0 Å². The standard InChI is InChI=1S/C11H12N6OS/c12-10(13)17-11(14)19-5-8-9(18)16-7-4-2-1-3-6(7)15-8/h1-4H,5H2,(H,16,18)(H5,12,13,14,17). The summed E-state index contributed by atoms with van der Waals surface area (Å²) in [6.07, 6.45) is 0. The number of aliphatic imine (C=N–C) groups is 1. The van der Waals surface area contributed by atoms with Crippen LogP contribution in [0.2, 0.25) is 0 Å². The van der Waals surface area contributed by atoms with Crippen molar-refractivity contribution in [2.75, 3.05) is 0 Å². The number of nitrogens with two attached hydrogens (primary N) is 2. The van der Waals surface area contributed by atoms with Crippen LogP contribution in [0.4, 0.5) is 0 Å². The fraction of sp³-hybridized carbons (Fsp3) is 0.0909. The van der Waals surface area contributed by atoms with Gasteiger partial charge >= 0.3 is 0 Å². The Bertz CT molecular complexity index is 704. The number of hydrogen-bond acceptors (Lipinski definition) is 4. The Labute approximate surface area is 112 Å². The molecule has 0 bridgehead atoms. The largest absolute Gasteiger partial charge is 0.370 e. The second-order valence-corrected chi connectivity index (χ2v) is 4.62. The van der Waals surface area contributed by atoms with Gasteiger partial charge in [0.25, 0.3) is 5.56 Å². The summed E-state index contributed by atoms with van der Waals surface area (Å²) in [7, 11) is 0. The van der Waals surface area contributed by atoms with Crippen LogP contribution in [-0.2, 0) is 5.75 Å². The summed E-state index contributed by atoms with van der Waals surface area (Å²) in [6.45, 7) is 0. The van der Waals surface area contributed by atoms with Crippen LogP contribution in [-0.4, -0.2) is 21.1 Å². The lowest BCUT2D eigenvalue weighted by atomic mass is 10.3. The zero-order chi connectivity index (χ0) is 13.8. The molecule has 0 fully saturated rings. The first-order valence-electron chi connectivity index (χ1n) is 5.35. The Morgan fingerprint density at radius 3 is 2.89 bits per heavy atom. The number of guanidine groups is 1. The van der Waals surface area contributed by atoms with E-state index in [1.54, 1.807) is 12.1 Å². The van der Waals surface area contributed by atoms with Gasteiger partial charge in [0.2, 0.25) is 0 Å². The number of nitrogens with one attached hydrogen (secondary N) is 2. The molecule has 2 rings (SSSR count). The molecule has 2 aromatic rings. The molecule has 0 radical (unpaired) electrons. The number of aromatic amines is 1. The molecule has 98 valence electrons. The molecular weight excluding hydrogens is 264 g/mol. The lowest BCUT2D eigenvalue weighted by Gasteiger charge is -2.01. The molecule has 0 atom stereocenters. The highest BCUT2D eigenvalue weighted by atomic mass is 32.2. The van der Waals surface area contributed by atoms with E-state index in [9.17, 15) is 4.79 Å². The van der Waals surface area contributed by atoms with E-state index in [2.05, 4.69) is 15.0 Å². The first kappa shape index (κ1) is 13.1. The van der Waals surface area contributed by atoms with Crippen LogP contribution in [0.3, 0.4) is 0 Å². The maximum Gasteiger partial charge on any atom is 0.271 e. The molecule has 1 heterocycles. The predicted molar refractivity (Wildman–Crippen MR) is 77.2 cm³/mol. The Kier molecular flexibility index (Phi) is 3.81. The third-order valence-corrected chi connectivity index (χ3v) is 3.03. The molecule has 0 unspecified atom stereocenters. The van der Waals surface area contributed by atoms with E-state index < -0.39 is 0 Å². The smallest absolute Gasteiger partial charge is 0.271 e. The third kappa shape index (κ3) is 3.32. The van der Waals surface area contributed by atoms with Crippen molar-refractivity contribution in [3.63, 3.8) is 0 Å². The molecule has 0 saturated heterocycles. The molecule has 0 aliphatic carbocycles. The third-order valence-electron chi connectivity index (χ3n) is 2.25. The molecule has 0 spiro atoms. The van der Waals surface area contributed by atoms with Gasteiger partial charge in [-0.25, -0.2) is 4.98 Å². The molecular formula is C11H12N6OS. The fourth-order valence-corrected chi connectivity index (χ4v) is 2.09. The van der Waals surface area contributed by atoms with Crippen LogP contribution < -0.4 is 17.0 Å². The Balaban J connectivity index is 2.21. The van der Waals surface area contributed by atoms with E-state index >= 15 is 0 Å². The Morgan fingerprint density at radius 2 is 2.16 bits per heavy atom. The number of nitrogens with zero attached hydrogens (tertiary/aromatic N) is 2. The first-order chi connectivity index (χ1) is 9.06. The van der Waals surface area contributed by atoms with Gasteiger partial charge in [-0.05, 0) is 12.1 Å². The van der Waals surface area contributed by atoms with Crippen molar-refractivity contribution in [1.29, 1.82) is 5.41 Å². The number of H-pyrrole nitrogens is 1. The van der Waals surface area contributed by atoms with E-state index in [4.69, 9.17) is 16.9 Å². The van der Waals surface area contributed by atoms with Gasteiger partial charge in [0, 0.05) is 5.75 Å². The van der Waals surface area contributed by atoms with Crippen LogP contribution in [0.1, 0.15) is 5.69 Å². The van der Waals surface area contributed by atoms with Gasteiger partial charge in [0.05, 0.1) is 11.0 Å². The summed E-state index contributed by atoms with van der Waals surface area (Å²) < 4.78 is 0. The number of fused-ring (bicyclic) bond motifs is 1. The molecule has 8 heteroatoms. The van der Waals surface area contributed by atoms with Gasteiger partial charge in [-0.3, -0.25) is 10.2 Å². The van der Waals surface area contributed by atoms with Crippen molar-refractivity contribution >= 4 is 33.9 Å². The maximum atomic E-state index is 11.8. The minimum atomic E-state index is -0.274. The molecule has 0 amide bonds. The molecule has 7 nitrogen and oxygen atoms in total. The lowest BCUT2D eigenvalue weighted by molar-refractivity contribution is 1.11. The van der Waals surface area contributed by atoms with Crippen LogP contribution in [0.25, 0.3) is 11.0 Å². The van der Waals surface area contributed by atoms with E-state index in [-0.39, 0.29) is 22.4 Å². The first-order valence-corrected chi connectivity index (χ1v) is 6.34. The molecule has 0 aliphatic heterocycles. The topological polar surface area (TPSA) is 134 Å². The average Bonchev–Trinajstić information content (AvgIpc) is 2.35. The molecule has 1 aromatic carbocycles. The van der Waals surface area contributed by atoms with Crippen molar-refractivity contribution in [2.24, 2.45) is 16.5 Å². The number of aromatic nitrogens is 2. The van der Waals surface area contributed by atoms with Crippen LogP contribution in [0.15, 0.2) is 34.1 Å². The van der Waals surface area contributed by atoms with Gasteiger partial charge < -0.3 is 16.5 Å². The molecule has 1 aromatic heterocycles. The summed E-state index contributed by atoms with van der Waals surface area (Å²) in [5, 5.41) is 7.42. The van der Waals surface area contributed by atoms with Gasteiger partial charge in [0.1, 0.15) is 5.69 Å².